The zero-order valence-corrected chi connectivity index (χ0v) is 8.38. The Morgan fingerprint density at radius 1 is 1.47 bits per heavy atom. The van der Waals surface area contributed by atoms with Crippen LogP contribution in [-0.4, -0.2) is 22.0 Å². The summed E-state index contributed by atoms with van der Waals surface area (Å²) >= 11 is 0. The van der Waals surface area contributed by atoms with Crippen molar-refractivity contribution in [1.29, 1.82) is 0 Å². The Morgan fingerprint density at radius 2 is 2.07 bits per heavy atom. The summed E-state index contributed by atoms with van der Waals surface area (Å²) in [5, 5.41) is 0. The molecule has 0 aromatic carbocycles. The van der Waals surface area contributed by atoms with E-state index in [0.717, 1.165) is 4.57 Å². The highest BCUT2D eigenvalue weighted by atomic mass is 19.4. The van der Waals surface area contributed by atoms with Crippen molar-refractivity contribution in [3.63, 3.8) is 0 Å². The Hall–Kier alpha value is -1.33. The van der Waals surface area contributed by atoms with Gasteiger partial charge in [0.25, 0.3) is 0 Å². The van der Waals surface area contributed by atoms with E-state index >= 15 is 0 Å². The standard InChI is InChI=1S/C9H11F3N2O/c1-8(2,6-15)7-13-3-4-14(7)5-9(10,11)12/h3-4,6H,5H2,1-2H3. The van der Waals surface area contributed by atoms with E-state index < -0.39 is 18.1 Å². The molecule has 15 heavy (non-hydrogen) atoms. The molecule has 0 radical (unpaired) electrons. The predicted molar refractivity (Wildman–Crippen MR) is 47.4 cm³/mol. The van der Waals surface area contributed by atoms with E-state index in [0.29, 0.717) is 6.29 Å². The van der Waals surface area contributed by atoms with Crippen molar-refractivity contribution < 1.29 is 18.0 Å². The number of carbonyl (C=O) groups excluding carboxylic acids is 1. The first-order valence-corrected chi connectivity index (χ1v) is 4.31. The first kappa shape index (κ1) is 11.7. The number of rotatable bonds is 3. The fourth-order valence-electron chi connectivity index (χ4n) is 1.24. The Morgan fingerprint density at radius 3 is 2.53 bits per heavy atom. The van der Waals surface area contributed by atoms with Crippen molar-refractivity contribution in [3.05, 3.63) is 18.2 Å². The number of nitrogens with zero attached hydrogens (tertiary/aromatic N) is 2. The van der Waals surface area contributed by atoms with Crippen LogP contribution in [0.25, 0.3) is 0 Å². The minimum Gasteiger partial charge on any atom is -0.325 e. The molecule has 1 heterocycles. The number of halogens is 3. The molecule has 1 rings (SSSR count). The van der Waals surface area contributed by atoms with Gasteiger partial charge in [-0.1, -0.05) is 0 Å². The van der Waals surface area contributed by atoms with Crippen LogP contribution in [0, 0.1) is 0 Å². The molecule has 0 saturated heterocycles. The van der Waals surface area contributed by atoms with Crippen LogP contribution in [0.2, 0.25) is 0 Å². The van der Waals surface area contributed by atoms with Crippen LogP contribution >= 0.6 is 0 Å². The molecule has 0 atom stereocenters. The lowest BCUT2D eigenvalue weighted by Crippen LogP contribution is -2.28. The molecular formula is C9H11F3N2O. The van der Waals surface area contributed by atoms with Gasteiger partial charge in [-0.15, -0.1) is 0 Å². The summed E-state index contributed by atoms with van der Waals surface area (Å²) in [5.74, 6) is 0.120. The van der Waals surface area contributed by atoms with Gasteiger partial charge in [0.2, 0.25) is 0 Å². The second-order valence-electron chi connectivity index (χ2n) is 3.83. The van der Waals surface area contributed by atoms with Crippen LogP contribution in [0.3, 0.4) is 0 Å². The fraction of sp³-hybridized carbons (Fsp3) is 0.556. The average molecular weight is 220 g/mol. The van der Waals surface area contributed by atoms with Crippen molar-refractivity contribution >= 4 is 6.29 Å². The lowest BCUT2D eigenvalue weighted by Gasteiger charge is -2.19. The molecular weight excluding hydrogens is 209 g/mol. The summed E-state index contributed by atoms with van der Waals surface area (Å²) in [6.45, 7) is 1.92. The lowest BCUT2D eigenvalue weighted by atomic mass is 9.95. The molecule has 1 aromatic heterocycles. The summed E-state index contributed by atoms with van der Waals surface area (Å²) in [6.07, 6.45) is -1.25. The lowest BCUT2D eigenvalue weighted by molar-refractivity contribution is -0.141. The second kappa shape index (κ2) is 3.67. The van der Waals surface area contributed by atoms with Gasteiger partial charge < -0.3 is 9.36 Å². The maximum absolute atomic E-state index is 12.2. The number of aldehydes is 1. The number of alkyl halides is 3. The van der Waals surface area contributed by atoms with Crippen LogP contribution in [0.15, 0.2) is 12.4 Å². The normalized spacial score (nSPS) is 12.9. The van der Waals surface area contributed by atoms with E-state index in [1.807, 2.05) is 0 Å². The third-order valence-corrected chi connectivity index (χ3v) is 1.94. The molecule has 1 aromatic rings. The van der Waals surface area contributed by atoms with Crippen LogP contribution in [0.4, 0.5) is 13.2 Å². The predicted octanol–water partition coefficient (Wildman–Crippen LogP) is 1.92. The fourth-order valence-corrected chi connectivity index (χ4v) is 1.24. The SMILES string of the molecule is CC(C)(C=O)c1nccn1CC(F)(F)F. The van der Waals surface area contributed by atoms with Crippen LogP contribution in [-0.2, 0) is 16.8 Å². The topological polar surface area (TPSA) is 34.9 Å². The largest absolute Gasteiger partial charge is 0.406 e. The number of carbonyl (C=O) groups is 1. The molecule has 84 valence electrons. The molecule has 3 nitrogen and oxygen atoms in total. The molecule has 0 aliphatic heterocycles. The summed E-state index contributed by atoms with van der Waals surface area (Å²) in [4.78, 5) is 14.5. The molecule has 0 bridgehead atoms. The molecule has 0 saturated carbocycles. The smallest absolute Gasteiger partial charge is 0.325 e. The van der Waals surface area contributed by atoms with Gasteiger partial charge in [-0.2, -0.15) is 13.2 Å². The van der Waals surface area contributed by atoms with E-state index in [1.165, 1.54) is 26.2 Å². The molecule has 0 unspecified atom stereocenters. The third-order valence-electron chi connectivity index (χ3n) is 1.94. The van der Waals surface area contributed by atoms with Crippen LogP contribution < -0.4 is 0 Å². The van der Waals surface area contributed by atoms with Crippen LogP contribution in [0.5, 0.6) is 0 Å². The van der Waals surface area contributed by atoms with Crippen molar-refractivity contribution in [2.75, 3.05) is 0 Å². The minimum atomic E-state index is -4.31. The Labute approximate surface area is 84.9 Å². The average Bonchev–Trinajstić information content (AvgIpc) is 2.50. The zero-order valence-electron chi connectivity index (χ0n) is 8.38. The molecule has 0 aliphatic carbocycles. The van der Waals surface area contributed by atoms with Gasteiger partial charge in [-0.3, -0.25) is 0 Å². The summed E-state index contributed by atoms with van der Waals surface area (Å²) < 4.78 is 37.4. The van der Waals surface area contributed by atoms with Crippen LogP contribution in [0.1, 0.15) is 19.7 Å². The maximum atomic E-state index is 12.2. The highest BCUT2D eigenvalue weighted by Crippen LogP contribution is 2.23. The van der Waals surface area contributed by atoms with Gasteiger partial charge in [-0.25, -0.2) is 4.98 Å². The van der Waals surface area contributed by atoms with E-state index in [4.69, 9.17) is 0 Å². The van der Waals surface area contributed by atoms with Gasteiger partial charge >= 0.3 is 6.18 Å². The Balaban J connectivity index is 3.02. The quantitative estimate of drug-likeness (QED) is 0.729. The molecule has 0 N–H and O–H groups in total. The first-order chi connectivity index (χ1) is 6.76. The maximum Gasteiger partial charge on any atom is 0.406 e. The third kappa shape index (κ3) is 2.81. The highest BCUT2D eigenvalue weighted by Gasteiger charge is 2.32. The number of imidazole rings is 1. The monoisotopic (exact) mass is 220 g/mol. The van der Waals surface area contributed by atoms with E-state index in [1.54, 1.807) is 0 Å². The summed E-state index contributed by atoms with van der Waals surface area (Å²) in [5.41, 5.74) is -1.01. The van der Waals surface area contributed by atoms with Gasteiger partial charge in [0.05, 0.1) is 5.41 Å². The molecule has 0 spiro atoms. The molecule has 0 amide bonds. The summed E-state index contributed by atoms with van der Waals surface area (Å²) in [6, 6.07) is 0. The van der Waals surface area contributed by atoms with Crippen molar-refractivity contribution in [1.82, 2.24) is 9.55 Å². The van der Waals surface area contributed by atoms with Crippen molar-refractivity contribution in [2.24, 2.45) is 0 Å². The van der Waals surface area contributed by atoms with Gasteiger partial charge in [0, 0.05) is 12.4 Å². The Kier molecular flexibility index (Phi) is 2.88. The van der Waals surface area contributed by atoms with Gasteiger partial charge in [0.1, 0.15) is 18.7 Å². The highest BCUT2D eigenvalue weighted by molar-refractivity contribution is 5.65. The van der Waals surface area contributed by atoms with E-state index in [-0.39, 0.29) is 5.82 Å². The first-order valence-electron chi connectivity index (χ1n) is 4.31. The zero-order chi connectivity index (χ0) is 11.7. The molecule has 0 aliphatic rings. The second-order valence-corrected chi connectivity index (χ2v) is 3.83. The summed E-state index contributed by atoms with van der Waals surface area (Å²) in [7, 11) is 0. The van der Waals surface area contributed by atoms with E-state index in [2.05, 4.69) is 4.98 Å². The van der Waals surface area contributed by atoms with Crippen molar-refractivity contribution in [3.8, 4) is 0 Å². The van der Waals surface area contributed by atoms with Gasteiger partial charge in [-0.05, 0) is 13.8 Å². The van der Waals surface area contributed by atoms with Crippen molar-refractivity contribution in [2.45, 2.75) is 32.0 Å². The molecule has 6 heteroatoms. The number of hydrogen-bond donors (Lipinski definition) is 0. The minimum absolute atomic E-state index is 0.120. The van der Waals surface area contributed by atoms with E-state index in [9.17, 15) is 18.0 Å². The molecule has 0 fully saturated rings. The van der Waals surface area contributed by atoms with Gasteiger partial charge in [0.15, 0.2) is 0 Å². The number of hydrogen-bond acceptors (Lipinski definition) is 2. The number of aromatic nitrogens is 2. The Bertz CT molecular complexity index is 354.